The Hall–Kier alpha value is -0.630. The third-order valence-electron chi connectivity index (χ3n) is 2.59. The molecule has 0 heterocycles. The van der Waals surface area contributed by atoms with Gasteiger partial charge in [0, 0.05) is 23.7 Å². The molecule has 0 saturated carbocycles. The van der Waals surface area contributed by atoms with Gasteiger partial charge in [0.15, 0.2) is 5.96 Å². The number of benzene rings is 1. The van der Waals surface area contributed by atoms with Crippen molar-refractivity contribution in [2.75, 3.05) is 18.8 Å². The Labute approximate surface area is 141 Å². The van der Waals surface area contributed by atoms with Crippen LogP contribution in [0.5, 0.6) is 0 Å². The molecule has 0 amide bonds. The molecule has 0 saturated heterocycles. The molecular formula is C14H24IN3OS. The summed E-state index contributed by atoms with van der Waals surface area (Å²) in [4.78, 5) is 5.07. The third-order valence-corrected chi connectivity index (χ3v) is 3.96. The number of hydrogen-bond donors (Lipinski definition) is 2. The van der Waals surface area contributed by atoms with Crippen LogP contribution in [-0.2, 0) is 10.8 Å². The van der Waals surface area contributed by atoms with Crippen LogP contribution in [0.2, 0.25) is 0 Å². The quantitative estimate of drug-likeness (QED) is 0.413. The molecule has 0 aliphatic rings. The fourth-order valence-corrected chi connectivity index (χ4v) is 2.44. The minimum atomic E-state index is -0.986. The molecule has 4 nitrogen and oxygen atoms in total. The molecule has 0 spiro atoms. The topological polar surface area (TPSA) is 67.5 Å². The molecule has 1 rings (SSSR count). The van der Waals surface area contributed by atoms with Crippen molar-refractivity contribution in [2.45, 2.75) is 25.2 Å². The Morgan fingerprint density at radius 1 is 1.35 bits per heavy atom. The molecule has 114 valence electrons. The van der Waals surface area contributed by atoms with Crippen molar-refractivity contribution in [1.29, 1.82) is 0 Å². The lowest BCUT2D eigenvalue weighted by Gasteiger charge is -2.06. The lowest BCUT2D eigenvalue weighted by atomic mass is 10.1. The summed E-state index contributed by atoms with van der Waals surface area (Å²) in [6.07, 6.45) is 1.03. The van der Waals surface area contributed by atoms with Crippen LogP contribution in [0.15, 0.2) is 40.2 Å². The van der Waals surface area contributed by atoms with Gasteiger partial charge < -0.3 is 11.1 Å². The van der Waals surface area contributed by atoms with Gasteiger partial charge in [0.25, 0.3) is 0 Å². The summed E-state index contributed by atoms with van der Waals surface area (Å²) in [6, 6.07) is 9.44. The second kappa shape index (κ2) is 11.1. The first-order valence-electron chi connectivity index (χ1n) is 6.57. The van der Waals surface area contributed by atoms with E-state index in [1.54, 1.807) is 0 Å². The van der Waals surface area contributed by atoms with Crippen LogP contribution >= 0.6 is 24.0 Å². The monoisotopic (exact) mass is 409 g/mol. The van der Waals surface area contributed by atoms with Crippen LogP contribution in [0.1, 0.15) is 20.3 Å². The van der Waals surface area contributed by atoms with E-state index >= 15 is 0 Å². The minimum absolute atomic E-state index is 0. The lowest BCUT2D eigenvalue weighted by Crippen LogP contribution is -2.34. The molecule has 1 unspecified atom stereocenters. The Morgan fingerprint density at radius 2 is 2.00 bits per heavy atom. The molecule has 1 aromatic carbocycles. The Bertz CT molecular complexity index is 424. The maximum atomic E-state index is 11.9. The van der Waals surface area contributed by atoms with Crippen molar-refractivity contribution in [1.82, 2.24) is 5.32 Å². The van der Waals surface area contributed by atoms with E-state index in [1.807, 2.05) is 30.3 Å². The van der Waals surface area contributed by atoms with Crippen molar-refractivity contribution in [3.05, 3.63) is 30.3 Å². The fourth-order valence-electron chi connectivity index (χ4n) is 1.46. The number of nitrogens with two attached hydrogens (primary N) is 1. The van der Waals surface area contributed by atoms with Gasteiger partial charge in [0.2, 0.25) is 0 Å². The molecule has 0 radical (unpaired) electrons. The third kappa shape index (κ3) is 8.52. The summed E-state index contributed by atoms with van der Waals surface area (Å²) in [5, 5.41) is 2.99. The summed E-state index contributed by atoms with van der Waals surface area (Å²) >= 11 is 0. The second-order valence-corrected chi connectivity index (χ2v) is 6.31. The summed E-state index contributed by atoms with van der Waals surface area (Å²) in [5.41, 5.74) is 5.72. The Morgan fingerprint density at radius 3 is 2.60 bits per heavy atom. The zero-order valence-electron chi connectivity index (χ0n) is 12.0. The SMILES string of the molecule is CC(C)CCN=C(N)NCCS(=O)c1ccccc1.I. The summed E-state index contributed by atoms with van der Waals surface area (Å²) in [7, 11) is -0.986. The zero-order valence-corrected chi connectivity index (χ0v) is 15.2. The first kappa shape index (κ1) is 19.4. The highest BCUT2D eigenvalue weighted by Crippen LogP contribution is 2.04. The van der Waals surface area contributed by atoms with E-state index in [9.17, 15) is 4.21 Å². The molecule has 1 aromatic rings. The van der Waals surface area contributed by atoms with Crippen molar-refractivity contribution in [3.8, 4) is 0 Å². The molecule has 0 aliphatic carbocycles. The number of guanidine groups is 1. The zero-order chi connectivity index (χ0) is 14.1. The van der Waals surface area contributed by atoms with Crippen LogP contribution in [0.3, 0.4) is 0 Å². The Kier molecular flexibility index (Phi) is 10.7. The van der Waals surface area contributed by atoms with Crippen molar-refractivity contribution in [3.63, 3.8) is 0 Å². The predicted octanol–water partition coefficient (Wildman–Crippen LogP) is 2.36. The first-order valence-corrected chi connectivity index (χ1v) is 7.88. The standard InChI is InChI=1S/C14H23N3OS.HI/c1-12(2)8-9-16-14(15)17-10-11-19(18)13-6-4-3-5-7-13;/h3-7,12H,8-11H2,1-2H3,(H3,15,16,17);1H. The van der Waals surface area contributed by atoms with Crippen molar-refractivity contribution >= 4 is 40.7 Å². The number of halogens is 1. The number of nitrogens with one attached hydrogen (secondary N) is 1. The summed E-state index contributed by atoms with van der Waals surface area (Å²) in [5.74, 6) is 1.59. The van der Waals surface area contributed by atoms with E-state index < -0.39 is 10.8 Å². The highest BCUT2D eigenvalue weighted by Gasteiger charge is 2.02. The van der Waals surface area contributed by atoms with E-state index in [1.165, 1.54) is 0 Å². The molecule has 1 atom stereocenters. The maximum Gasteiger partial charge on any atom is 0.188 e. The number of rotatable bonds is 7. The largest absolute Gasteiger partial charge is 0.370 e. The van der Waals surface area contributed by atoms with Gasteiger partial charge in [0.1, 0.15) is 0 Å². The van der Waals surface area contributed by atoms with E-state index in [0.717, 1.165) is 17.9 Å². The van der Waals surface area contributed by atoms with Gasteiger partial charge in [-0.3, -0.25) is 9.20 Å². The van der Waals surface area contributed by atoms with Crippen LogP contribution in [0, 0.1) is 5.92 Å². The lowest BCUT2D eigenvalue weighted by molar-refractivity contribution is 0.596. The van der Waals surface area contributed by atoms with E-state index in [2.05, 4.69) is 24.2 Å². The minimum Gasteiger partial charge on any atom is -0.370 e. The highest BCUT2D eigenvalue weighted by molar-refractivity contribution is 14.0. The van der Waals surface area contributed by atoms with Gasteiger partial charge in [-0.2, -0.15) is 0 Å². The molecule has 6 heteroatoms. The summed E-state index contributed by atoms with van der Waals surface area (Å²) in [6.45, 7) is 5.61. The Balaban J connectivity index is 0.00000361. The predicted molar refractivity (Wildman–Crippen MR) is 97.1 cm³/mol. The van der Waals surface area contributed by atoms with E-state index in [-0.39, 0.29) is 24.0 Å². The molecule has 20 heavy (non-hydrogen) atoms. The van der Waals surface area contributed by atoms with Gasteiger partial charge in [-0.15, -0.1) is 24.0 Å². The van der Waals surface area contributed by atoms with Crippen molar-refractivity contribution < 1.29 is 4.21 Å². The normalized spacial score (nSPS) is 12.8. The number of nitrogens with zero attached hydrogens (tertiary/aromatic N) is 1. The average molecular weight is 409 g/mol. The van der Waals surface area contributed by atoms with Crippen LogP contribution in [0.4, 0.5) is 0 Å². The van der Waals surface area contributed by atoms with Gasteiger partial charge in [-0.05, 0) is 24.5 Å². The van der Waals surface area contributed by atoms with E-state index in [0.29, 0.717) is 24.2 Å². The van der Waals surface area contributed by atoms with Gasteiger partial charge in [0.05, 0.1) is 10.8 Å². The van der Waals surface area contributed by atoms with Gasteiger partial charge in [-0.25, -0.2) is 0 Å². The second-order valence-electron chi connectivity index (χ2n) is 4.74. The van der Waals surface area contributed by atoms with Crippen LogP contribution in [0.25, 0.3) is 0 Å². The molecular weight excluding hydrogens is 385 g/mol. The van der Waals surface area contributed by atoms with Crippen LogP contribution < -0.4 is 11.1 Å². The average Bonchev–Trinajstić information content (AvgIpc) is 2.39. The molecule has 0 fully saturated rings. The first-order chi connectivity index (χ1) is 9.09. The van der Waals surface area contributed by atoms with Gasteiger partial charge in [-0.1, -0.05) is 32.0 Å². The smallest absolute Gasteiger partial charge is 0.188 e. The summed E-state index contributed by atoms with van der Waals surface area (Å²) < 4.78 is 11.9. The maximum absolute atomic E-state index is 11.9. The molecule has 0 bridgehead atoms. The molecule has 0 aromatic heterocycles. The number of hydrogen-bond acceptors (Lipinski definition) is 2. The molecule has 3 N–H and O–H groups in total. The van der Waals surface area contributed by atoms with E-state index in [4.69, 9.17) is 5.73 Å². The van der Waals surface area contributed by atoms with Crippen molar-refractivity contribution in [2.24, 2.45) is 16.6 Å². The fraction of sp³-hybridized carbons (Fsp3) is 0.500. The molecule has 0 aliphatic heterocycles. The van der Waals surface area contributed by atoms with Crippen LogP contribution in [-0.4, -0.2) is 29.0 Å². The van der Waals surface area contributed by atoms with Gasteiger partial charge >= 0.3 is 0 Å². The number of aliphatic imine (C=N–C) groups is 1. The highest BCUT2D eigenvalue weighted by atomic mass is 127.